The average molecular weight is 442 g/mol. The molecule has 0 spiro atoms. The van der Waals surface area contributed by atoms with Crippen LogP contribution in [0.4, 0.5) is 16.2 Å². The van der Waals surface area contributed by atoms with Gasteiger partial charge in [0.05, 0.1) is 23.0 Å². The molecule has 3 aromatic carbocycles. The Bertz CT molecular complexity index is 1290. The number of hydrogen-bond acceptors (Lipinski definition) is 4. The maximum Gasteiger partial charge on any atom is 0.325 e. The van der Waals surface area contributed by atoms with Crippen LogP contribution >= 0.6 is 0 Å². The normalized spacial score (nSPS) is 20.8. The highest BCUT2D eigenvalue weighted by Gasteiger charge is 2.49. The summed E-state index contributed by atoms with van der Waals surface area (Å²) in [7, 11) is 0. The lowest BCUT2D eigenvalue weighted by Crippen LogP contribution is -2.65. The molecular formula is C25H22N4O4. The summed E-state index contributed by atoms with van der Waals surface area (Å²) in [4.78, 5) is 39.2. The molecule has 8 heteroatoms. The van der Waals surface area contributed by atoms with Crippen LogP contribution in [0.5, 0.6) is 5.75 Å². The number of rotatable bonds is 4. The molecule has 166 valence electrons. The van der Waals surface area contributed by atoms with E-state index < -0.39 is 17.5 Å². The van der Waals surface area contributed by atoms with Crippen LogP contribution in [-0.2, 0) is 0 Å². The van der Waals surface area contributed by atoms with Gasteiger partial charge in [-0.05, 0) is 43.3 Å². The molecule has 8 nitrogen and oxygen atoms in total. The first-order chi connectivity index (χ1) is 15.9. The molecule has 2 aliphatic heterocycles. The lowest BCUT2D eigenvalue weighted by Gasteiger charge is -2.50. The molecule has 2 aliphatic rings. The van der Waals surface area contributed by atoms with Crippen LogP contribution in [-0.4, -0.2) is 23.6 Å². The minimum Gasteiger partial charge on any atom is -0.467 e. The Hall–Kier alpha value is -4.33. The molecule has 2 atom stereocenters. The SMILES string of the molecule is C[C@@]12C[C@@H](NC(=O)N1c1cccc(C(=O)Nc3ccccc3C(N)=O)c1)c1ccccc1O2. The number of amides is 4. The van der Waals surface area contributed by atoms with Gasteiger partial charge >= 0.3 is 6.03 Å². The van der Waals surface area contributed by atoms with E-state index in [0.717, 1.165) is 11.3 Å². The summed E-state index contributed by atoms with van der Waals surface area (Å²) in [6, 6.07) is 20.4. The maximum atomic E-state index is 13.1. The summed E-state index contributed by atoms with van der Waals surface area (Å²) in [6.07, 6.45) is 0.554. The Labute approximate surface area is 190 Å². The molecule has 0 aromatic heterocycles. The topological polar surface area (TPSA) is 114 Å². The number of primary amides is 1. The second-order valence-electron chi connectivity index (χ2n) is 8.27. The van der Waals surface area contributed by atoms with E-state index in [4.69, 9.17) is 10.5 Å². The number of para-hydroxylation sites is 2. The number of carbonyl (C=O) groups excluding carboxylic acids is 3. The molecule has 2 heterocycles. The van der Waals surface area contributed by atoms with Crippen LogP contribution in [0, 0.1) is 0 Å². The number of nitrogens with zero attached hydrogens (tertiary/aromatic N) is 1. The van der Waals surface area contributed by atoms with Gasteiger partial charge in [0.2, 0.25) is 0 Å². The van der Waals surface area contributed by atoms with Crippen molar-refractivity contribution in [2.75, 3.05) is 10.2 Å². The Morgan fingerprint density at radius 1 is 1.09 bits per heavy atom. The highest BCUT2D eigenvalue weighted by molar-refractivity contribution is 6.09. The van der Waals surface area contributed by atoms with E-state index in [-0.39, 0.29) is 17.6 Å². The number of nitrogens with one attached hydrogen (secondary N) is 2. The van der Waals surface area contributed by atoms with Crippen molar-refractivity contribution in [3.63, 3.8) is 0 Å². The van der Waals surface area contributed by atoms with Crippen molar-refractivity contribution in [2.45, 2.75) is 25.1 Å². The van der Waals surface area contributed by atoms with Crippen LogP contribution in [0.1, 0.15) is 45.7 Å². The van der Waals surface area contributed by atoms with E-state index in [9.17, 15) is 14.4 Å². The second-order valence-corrected chi connectivity index (χ2v) is 8.27. The van der Waals surface area contributed by atoms with E-state index in [1.165, 1.54) is 4.90 Å². The van der Waals surface area contributed by atoms with Gasteiger partial charge in [-0.3, -0.25) is 14.5 Å². The fourth-order valence-corrected chi connectivity index (χ4v) is 4.50. The predicted octanol–water partition coefficient (Wildman–Crippen LogP) is 3.81. The van der Waals surface area contributed by atoms with E-state index >= 15 is 0 Å². The summed E-state index contributed by atoms with van der Waals surface area (Å²) >= 11 is 0. The van der Waals surface area contributed by atoms with Gasteiger partial charge in [-0.15, -0.1) is 0 Å². The third kappa shape index (κ3) is 3.55. The smallest absolute Gasteiger partial charge is 0.325 e. The predicted molar refractivity (Wildman–Crippen MR) is 123 cm³/mol. The first-order valence-corrected chi connectivity index (χ1v) is 10.5. The molecule has 1 saturated heterocycles. The molecular weight excluding hydrogens is 420 g/mol. The summed E-state index contributed by atoms with van der Waals surface area (Å²) < 4.78 is 6.28. The van der Waals surface area contributed by atoms with Gasteiger partial charge in [-0.1, -0.05) is 36.4 Å². The fraction of sp³-hybridized carbons (Fsp3) is 0.160. The number of urea groups is 1. The van der Waals surface area contributed by atoms with Gasteiger partial charge in [0.25, 0.3) is 11.8 Å². The van der Waals surface area contributed by atoms with Gasteiger partial charge in [0.15, 0.2) is 5.72 Å². The molecule has 0 saturated carbocycles. The Morgan fingerprint density at radius 3 is 2.67 bits per heavy atom. The van der Waals surface area contributed by atoms with E-state index in [1.807, 2.05) is 31.2 Å². The molecule has 2 bridgehead atoms. The molecule has 5 rings (SSSR count). The van der Waals surface area contributed by atoms with Gasteiger partial charge in [-0.2, -0.15) is 0 Å². The first-order valence-electron chi connectivity index (χ1n) is 10.5. The van der Waals surface area contributed by atoms with E-state index in [2.05, 4.69) is 10.6 Å². The Balaban J connectivity index is 1.46. The van der Waals surface area contributed by atoms with Gasteiger partial charge in [0.1, 0.15) is 5.75 Å². The van der Waals surface area contributed by atoms with Crippen LogP contribution < -0.4 is 26.0 Å². The zero-order chi connectivity index (χ0) is 23.2. The zero-order valence-corrected chi connectivity index (χ0v) is 17.9. The van der Waals surface area contributed by atoms with Crippen LogP contribution in [0.25, 0.3) is 0 Å². The molecule has 3 aromatic rings. The minimum absolute atomic E-state index is 0.152. The number of nitrogens with two attached hydrogens (primary N) is 1. The van der Waals surface area contributed by atoms with Crippen molar-refractivity contribution in [1.29, 1.82) is 0 Å². The highest BCUT2D eigenvalue weighted by atomic mass is 16.5. The monoisotopic (exact) mass is 442 g/mol. The molecule has 0 unspecified atom stereocenters. The second kappa shape index (κ2) is 7.67. The molecule has 4 amide bonds. The number of anilines is 2. The summed E-state index contributed by atoms with van der Waals surface area (Å²) in [5.41, 5.74) is 6.80. The van der Waals surface area contributed by atoms with Crippen LogP contribution in [0.2, 0.25) is 0 Å². The third-order valence-electron chi connectivity index (χ3n) is 5.99. The fourth-order valence-electron chi connectivity index (χ4n) is 4.50. The highest BCUT2D eigenvalue weighted by Crippen LogP contribution is 2.45. The Kier molecular flexibility index (Phi) is 4.78. The van der Waals surface area contributed by atoms with Crippen molar-refractivity contribution in [2.24, 2.45) is 5.73 Å². The first kappa shape index (κ1) is 20.6. The maximum absolute atomic E-state index is 13.1. The van der Waals surface area contributed by atoms with Gasteiger partial charge < -0.3 is 21.1 Å². The number of ether oxygens (including phenoxy) is 1. The van der Waals surface area contributed by atoms with Crippen LogP contribution in [0.3, 0.4) is 0 Å². The summed E-state index contributed by atoms with van der Waals surface area (Å²) in [6.45, 7) is 1.87. The quantitative estimate of drug-likeness (QED) is 0.570. The van der Waals surface area contributed by atoms with Crippen molar-refractivity contribution >= 4 is 29.2 Å². The lowest BCUT2D eigenvalue weighted by atomic mass is 9.90. The van der Waals surface area contributed by atoms with Crippen molar-refractivity contribution in [1.82, 2.24) is 5.32 Å². The Morgan fingerprint density at radius 2 is 1.85 bits per heavy atom. The molecule has 33 heavy (non-hydrogen) atoms. The lowest BCUT2D eigenvalue weighted by molar-refractivity contribution is 0.0378. The third-order valence-corrected chi connectivity index (χ3v) is 5.99. The molecule has 0 aliphatic carbocycles. The average Bonchev–Trinajstić information content (AvgIpc) is 2.79. The zero-order valence-electron chi connectivity index (χ0n) is 17.9. The summed E-state index contributed by atoms with van der Waals surface area (Å²) in [5, 5.41) is 5.77. The molecule has 1 fully saturated rings. The van der Waals surface area contributed by atoms with Gasteiger partial charge in [0, 0.05) is 17.5 Å². The van der Waals surface area contributed by atoms with E-state index in [1.54, 1.807) is 48.5 Å². The number of hydrogen-bond donors (Lipinski definition) is 3. The minimum atomic E-state index is -0.922. The number of carbonyl (C=O) groups is 3. The largest absolute Gasteiger partial charge is 0.467 e. The van der Waals surface area contributed by atoms with Crippen molar-refractivity contribution in [3.05, 3.63) is 89.5 Å². The summed E-state index contributed by atoms with van der Waals surface area (Å²) in [5.74, 6) is -0.346. The van der Waals surface area contributed by atoms with E-state index in [0.29, 0.717) is 23.4 Å². The van der Waals surface area contributed by atoms with Crippen molar-refractivity contribution in [3.8, 4) is 5.75 Å². The molecule has 0 radical (unpaired) electrons. The van der Waals surface area contributed by atoms with Gasteiger partial charge in [-0.25, -0.2) is 4.79 Å². The number of fused-ring (bicyclic) bond motifs is 4. The van der Waals surface area contributed by atoms with Crippen LogP contribution in [0.15, 0.2) is 72.8 Å². The van der Waals surface area contributed by atoms with Crippen molar-refractivity contribution < 1.29 is 19.1 Å². The standard InChI is InChI=1S/C25H22N4O4/c1-25-14-20(17-9-3-5-12-21(17)33-25)28-24(32)29(25)16-8-6-7-15(13-16)23(31)27-19-11-4-2-10-18(19)22(26)30/h2-13,20H,14H2,1H3,(H2,26,30)(H,27,31)(H,28,32)/t20-,25-/m1/s1. The number of benzene rings is 3. The molecule has 4 N–H and O–H groups in total.